The Kier molecular flexibility index (Phi) is 5.91. The van der Waals surface area contributed by atoms with E-state index in [0.29, 0.717) is 12.5 Å². The predicted molar refractivity (Wildman–Crippen MR) is 128 cm³/mol. The molecule has 4 bridgehead atoms. The molecule has 0 amide bonds. The van der Waals surface area contributed by atoms with E-state index in [1.54, 1.807) is 7.11 Å². The molecule has 172 valence electrons. The minimum Gasteiger partial charge on any atom is -0.496 e. The van der Waals surface area contributed by atoms with Gasteiger partial charge in [0, 0.05) is 12.2 Å². The monoisotopic (exact) mass is 436 g/mol. The van der Waals surface area contributed by atoms with Crippen LogP contribution in [0.3, 0.4) is 0 Å². The van der Waals surface area contributed by atoms with Gasteiger partial charge in [0.2, 0.25) is 0 Å². The van der Waals surface area contributed by atoms with Gasteiger partial charge in [-0.25, -0.2) is 0 Å². The summed E-state index contributed by atoms with van der Waals surface area (Å²) in [6.45, 7) is -0.236. The molecule has 0 saturated heterocycles. The van der Waals surface area contributed by atoms with E-state index in [0.717, 1.165) is 35.1 Å². The maximum absolute atomic E-state index is 9.37. The number of benzene rings is 2. The van der Waals surface area contributed by atoms with Crippen LogP contribution in [-0.2, 0) is 0 Å². The number of hydrogen-bond acceptors (Lipinski definition) is 5. The molecule has 0 heterocycles. The molecule has 5 heteroatoms. The highest BCUT2D eigenvalue weighted by molar-refractivity contribution is 5.68. The molecule has 2 aromatic carbocycles. The van der Waals surface area contributed by atoms with Crippen molar-refractivity contribution in [3.05, 3.63) is 48.0 Å². The van der Waals surface area contributed by atoms with E-state index >= 15 is 0 Å². The highest BCUT2D eigenvalue weighted by atomic mass is 16.5. The third-order valence-corrected chi connectivity index (χ3v) is 8.31. The summed E-state index contributed by atoms with van der Waals surface area (Å²) in [5, 5.41) is 22.0. The van der Waals surface area contributed by atoms with Gasteiger partial charge in [-0.15, -0.1) is 0 Å². The molecule has 0 spiro atoms. The lowest BCUT2D eigenvalue weighted by Gasteiger charge is -2.54. The maximum Gasteiger partial charge on any atom is 0.122 e. The van der Waals surface area contributed by atoms with Gasteiger partial charge in [0.25, 0.3) is 0 Å². The Morgan fingerprint density at radius 3 is 2.06 bits per heavy atom. The van der Waals surface area contributed by atoms with Gasteiger partial charge in [-0.1, -0.05) is 18.2 Å². The van der Waals surface area contributed by atoms with Gasteiger partial charge >= 0.3 is 0 Å². The average molecular weight is 437 g/mol. The van der Waals surface area contributed by atoms with E-state index in [-0.39, 0.29) is 13.2 Å². The number of ether oxygens (including phenoxy) is 1. The van der Waals surface area contributed by atoms with Gasteiger partial charge in [-0.05, 0) is 103 Å². The molecule has 0 aliphatic heterocycles. The Labute approximate surface area is 191 Å². The third kappa shape index (κ3) is 4.02. The Morgan fingerprint density at radius 1 is 0.906 bits per heavy atom. The summed E-state index contributed by atoms with van der Waals surface area (Å²) in [6.07, 6.45) is 7.07. The van der Waals surface area contributed by atoms with Crippen LogP contribution in [-0.4, -0.2) is 42.6 Å². The largest absolute Gasteiger partial charge is 0.496 e. The summed E-state index contributed by atoms with van der Waals surface area (Å²) in [5.74, 6) is 5.23. The third-order valence-electron chi connectivity index (χ3n) is 8.31. The van der Waals surface area contributed by atoms with Crippen LogP contribution in [0.1, 0.15) is 43.6 Å². The molecule has 0 atom stereocenters. The van der Waals surface area contributed by atoms with Crippen molar-refractivity contribution in [3.8, 4) is 16.9 Å². The molecule has 32 heavy (non-hydrogen) atoms. The minimum absolute atomic E-state index is 0.270. The summed E-state index contributed by atoms with van der Waals surface area (Å²) in [7, 11) is 1.80. The molecule has 0 radical (unpaired) electrons. The van der Waals surface area contributed by atoms with Gasteiger partial charge in [0.15, 0.2) is 0 Å². The van der Waals surface area contributed by atoms with Crippen LogP contribution in [0.15, 0.2) is 42.5 Å². The van der Waals surface area contributed by atoms with Gasteiger partial charge in [-0.2, -0.15) is 0 Å². The molecule has 2 aromatic rings. The maximum atomic E-state index is 9.37. The molecule has 0 aromatic heterocycles. The van der Waals surface area contributed by atoms with E-state index in [1.807, 2.05) is 12.1 Å². The highest BCUT2D eigenvalue weighted by Crippen LogP contribution is 2.60. The zero-order chi connectivity index (χ0) is 22.3. The first-order valence-electron chi connectivity index (χ1n) is 12.0. The number of aliphatic hydroxyl groups is 2. The number of nitrogens with one attached hydrogen (secondary N) is 1. The predicted octanol–water partition coefficient (Wildman–Crippen LogP) is 4.00. The lowest BCUT2D eigenvalue weighted by molar-refractivity contribution is -0.00345. The molecular weight excluding hydrogens is 400 g/mol. The van der Waals surface area contributed by atoms with Gasteiger partial charge < -0.3 is 26.0 Å². The number of aliphatic hydroxyl groups excluding tert-OH is 2. The zero-order valence-corrected chi connectivity index (χ0v) is 19.0. The van der Waals surface area contributed by atoms with Crippen LogP contribution in [0.5, 0.6) is 5.75 Å². The van der Waals surface area contributed by atoms with Crippen molar-refractivity contribution in [2.75, 3.05) is 32.2 Å². The van der Waals surface area contributed by atoms with Crippen molar-refractivity contribution in [2.24, 2.45) is 29.4 Å². The molecule has 6 rings (SSSR count). The van der Waals surface area contributed by atoms with Crippen molar-refractivity contribution >= 4 is 5.69 Å². The first-order chi connectivity index (χ1) is 15.5. The number of nitrogens with two attached hydrogens (primary N) is 1. The van der Waals surface area contributed by atoms with E-state index in [4.69, 9.17) is 10.5 Å². The van der Waals surface area contributed by atoms with Crippen molar-refractivity contribution < 1.29 is 14.9 Å². The van der Waals surface area contributed by atoms with E-state index in [2.05, 4.69) is 35.6 Å². The first kappa shape index (κ1) is 21.7. The van der Waals surface area contributed by atoms with Crippen molar-refractivity contribution in [1.82, 2.24) is 0 Å². The second kappa shape index (κ2) is 8.69. The fourth-order valence-corrected chi connectivity index (χ4v) is 6.83. The van der Waals surface area contributed by atoms with Crippen LogP contribution in [0, 0.1) is 23.7 Å². The molecule has 4 fully saturated rings. The van der Waals surface area contributed by atoms with Gasteiger partial charge in [0.05, 0.1) is 25.9 Å². The van der Waals surface area contributed by atoms with Crippen molar-refractivity contribution in [2.45, 2.75) is 43.6 Å². The average Bonchev–Trinajstić information content (AvgIpc) is 2.82. The lowest BCUT2D eigenvalue weighted by Crippen LogP contribution is -2.52. The molecule has 4 aliphatic carbocycles. The highest BCUT2D eigenvalue weighted by Gasteiger charge is 2.49. The number of rotatable bonds is 8. The summed E-state index contributed by atoms with van der Waals surface area (Å²) in [6, 6.07) is 14.9. The Bertz CT molecular complexity index is 910. The summed E-state index contributed by atoms with van der Waals surface area (Å²) in [4.78, 5) is 0. The van der Waals surface area contributed by atoms with Crippen LogP contribution >= 0.6 is 0 Å². The smallest absolute Gasteiger partial charge is 0.122 e. The van der Waals surface area contributed by atoms with Gasteiger partial charge in [-0.3, -0.25) is 0 Å². The second-order valence-corrected chi connectivity index (χ2v) is 10.5. The van der Waals surface area contributed by atoms with Gasteiger partial charge in [0.1, 0.15) is 5.75 Å². The van der Waals surface area contributed by atoms with Crippen LogP contribution in [0.25, 0.3) is 11.1 Å². The minimum atomic E-state index is -1.03. The molecule has 4 saturated carbocycles. The number of methoxy groups -OCH3 is 1. The van der Waals surface area contributed by atoms with E-state index in [9.17, 15) is 10.2 Å². The van der Waals surface area contributed by atoms with Crippen molar-refractivity contribution in [3.63, 3.8) is 0 Å². The zero-order valence-electron chi connectivity index (χ0n) is 19.0. The quantitative estimate of drug-likeness (QED) is 0.503. The first-order valence-corrected chi connectivity index (χ1v) is 12.0. The molecule has 5 nitrogen and oxygen atoms in total. The molecule has 0 unspecified atom stereocenters. The summed E-state index contributed by atoms with van der Waals surface area (Å²) >= 11 is 0. The molecule has 4 aliphatic rings. The van der Waals surface area contributed by atoms with E-state index in [1.165, 1.54) is 48.8 Å². The number of anilines is 1. The summed E-state index contributed by atoms with van der Waals surface area (Å²) in [5.41, 5.74) is 9.64. The Morgan fingerprint density at radius 2 is 1.50 bits per heavy atom. The number of hydrogen-bond donors (Lipinski definition) is 4. The van der Waals surface area contributed by atoms with Crippen molar-refractivity contribution in [1.29, 1.82) is 0 Å². The SMILES string of the molecule is COc1ccc(-c2ccc(NCC(N)(CO)CO)cc2)cc1C1C2CC3CC(C2)CC1C3. The fraction of sp³-hybridized carbons (Fsp3) is 0.556. The normalized spacial score (nSPS) is 28.7. The topological polar surface area (TPSA) is 87.7 Å². The van der Waals surface area contributed by atoms with E-state index < -0.39 is 5.54 Å². The standard InChI is InChI=1S/C27H36N2O3/c1-32-25-7-4-20(19-2-5-23(6-3-19)29-14-27(28,15-30)16-31)13-24(25)26-21-9-17-8-18(11-21)12-22(26)10-17/h2-7,13,17-18,21-22,26,29-31H,8-12,14-16,28H2,1H3. The second-order valence-electron chi connectivity index (χ2n) is 10.5. The van der Waals surface area contributed by atoms with Crippen LogP contribution in [0.2, 0.25) is 0 Å². The fourth-order valence-electron chi connectivity index (χ4n) is 6.83. The molecule has 5 N–H and O–H groups in total. The Balaban J connectivity index is 1.37. The van der Waals surface area contributed by atoms with Crippen LogP contribution < -0.4 is 15.8 Å². The lowest BCUT2D eigenvalue weighted by atomic mass is 9.50. The molecular formula is C27H36N2O3. The van der Waals surface area contributed by atoms with Crippen LogP contribution in [0.4, 0.5) is 5.69 Å². The summed E-state index contributed by atoms with van der Waals surface area (Å²) < 4.78 is 5.83. The Hall–Kier alpha value is -2.08.